The third kappa shape index (κ3) is 2.67. The number of carbonyl (C=O) groups excluding carboxylic acids is 1. The van der Waals surface area contributed by atoms with Gasteiger partial charge in [-0.25, -0.2) is 0 Å². The van der Waals surface area contributed by atoms with Crippen LogP contribution in [-0.2, 0) is 10.3 Å². The number of aryl methyl sites for hydroxylation is 1. The number of anilines is 1. The van der Waals surface area contributed by atoms with E-state index in [1.807, 2.05) is 49.4 Å². The Morgan fingerprint density at radius 1 is 1.32 bits per heavy atom. The molecule has 3 rings (SSSR count). The summed E-state index contributed by atoms with van der Waals surface area (Å²) < 4.78 is 0. The van der Waals surface area contributed by atoms with Gasteiger partial charge >= 0.3 is 0 Å². The van der Waals surface area contributed by atoms with Crippen LogP contribution in [-0.4, -0.2) is 21.7 Å². The van der Waals surface area contributed by atoms with Gasteiger partial charge in [0.1, 0.15) is 12.0 Å². The molecule has 6 heteroatoms. The standard InChI is InChI=1S/C16H15ClN4O/c1-11-15(20-21-19-11)18-16(8-6-12(10-22)7-9-16)13-2-4-14(17)5-3-13/h2-8,10H,9H2,1H3,(H2,18,19,20,21). The number of aldehydes is 1. The number of hydrogen-bond acceptors (Lipinski definition) is 4. The Bertz CT molecular complexity index is 748. The summed E-state index contributed by atoms with van der Waals surface area (Å²) in [4.78, 5) is 10.9. The Morgan fingerprint density at radius 3 is 2.64 bits per heavy atom. The van der Waals surface area contributed by atoms with Gasteiger partial charge in [0.05, 0.1) is 5.54 Å². The molecular weight excluding hydrogens is 300 g/mol. The van der Waals surface area contributed by atoms with E-state index < -0.39 is 5.54 Å². The van der Waals surface area contributed by atoms with Crippen LogP contribution in [0.4, 0.5) is 5.82 Å². The molecule has 0 amide bonds. The highest BCUT2D eigenvalue weighted by molar-refractivity contribution is 6.30. The van der Waals surface area contributed by atoms with E-state index in [0.29, 0.717) is 22.8 Å². The summed E-state index contributed by atoms with van der Waals surface area (Å²) in [5.74, 6) is 0.683. The van der Waals surface area contributed by atoms with Crippen molar-refractivity contribution in [3.8, 4) is 0 Å². The van der Waals surface area contributed by atoms with E-state index in [0.717, 1.165) is 17.5 Å². The second-order valence-electron chi connectivity index (χ2n) is 5.22. The minimum atomic E-state index is -0.487. The van der Waals surface area contributed by atoms with E-state index in [9.17, 15) is 4.79 Å². The highest BCUT2D eigenvalue weighted by Gasteiger charge is 2.31. The fraction of sp³-hybridized carbons (Fsp3) is 0.188. The molecule has 0 spiro atoms. The minimum absolute atomic E-state index is 0.487. The zero-order valence-electron chi connectivity index (χ0n) is 12.0. The maximum Gasteiger partial charge on any atom is 0.172 e. The highest BCUT2D eigenvalue weighted by Crippen LogP contribution is 2.35. The van der Waals surface area contributed by atoms with E-state index in [2.05, 4.69) is 20.7 Å². The molecule has 1 heterocycles. The van der Waals surface area contributed by atoms with Crippen LogP contribution in [0, 0.1) is 6.92 Å². The second-order valence-corrected chi connectivity index (χ2v) is 5.66. The Labute approximate surface area is 133 Å². The lowest BCUT2D eigenvalue weighted by atomic mass is 9.82. The van der Waals surface area contributed by atoms with Crippen molar-refractivity contribution in [3.05, 3.63) is 64.3 Å². The number of aromatic nitrogens is 3. The lowest BCUT2D eigenvalue weighted by Crippen LogP contribution is -2.34. The molecule has 112 valence electrons. The highest BCUT2D eigenvalue weighted by atomic mass is 35.5. The summed E-state index contributed by atoms with van der Waals surface area (Å²) in [5, 5.41) is 14.9. The van der Waals surface area contributed by atoms with Crippen LogP contribution >= 0.6 is 11.6 Å². The molecule has 1 aromatic carbocycles. The van der Waals surface area contributed by atoms with Crippen LogP contribution in [0.1, 0.15) is 17.7 Å². The first-order valence-electron chi connectivity index (χ1n) is 6.89. The van der Waals surface area contributed by atoms with E-state index in [1.165, 1.54) is 0 Å². The number of carbonyl (C=O) groups is 1. The van der Waals surface area contributed by atoms with Crippen molar-refractivity contribution >= 4 is 23.7 Å². The molecule has 5 nitrogen and oxygen atoms in total. The first kappa shape index (κ1) is 14.5. The van der Waals surface area contributed by atoms with Gasteiger partial charge in [-0.3, -0.25) is 4.79 Å². The van der Waals surface area contributed by atoms with Crippen molar-refractivity contribution < 1.29 is 4.79 Å². The molecule has 0 aliphatic heterocycles. The predicted octanol–water partition coefficient (Wildman–Crippen LogP) is 3.16. The molecule has 0 radical (unpaired) electrons. The number of halogens is 1. The molecule has 0 fully saturated rings. The van der Waals surface area contributed by atoms with Gasteiger partial charge in [-0.1, -0.05) is 42.0 Å². The normalized spacial score (nSPS) is 20.5. The second kappa shape index (κ2) is 5.77. The zero-order chi connectivity index (χ0) is 15.6. The Morgan fingerprint density at radius 2 is 2.09 bits per heavy atom. The largest absolute Gasteiger partial charge is 0.354 e. The van der Waals surface area contributed by atoms with Crippen molar-refractivity contribution in [1.82, 2.24) is 15.4 Å². The Hall–Kier alpha value is -2.40. The quantitative estimate of drug-likeness (QED) is 0.850. The topological polar surface area (TPSA) is 70.7 Å². The van der Waals surface area contributed by atoms with Gasteiger partial charge in [0.25, 0.3) is 0 Å². The molecule has 1 aliphatic carbocycles. The average Bonchev–Trinajstić information content (AvgIpc) is 2.93. The maximum absolute atomic E-state index is 10.9. The van der Waals surface area contributed by atoms with Crippen molar-refractivity contribution in [2.45, 2.75) is 18.9 Å². The summed E-state index contributed by atoms with van der Waals surface area (Å²) in [5.41, 5.74) is 2.01. The summed E-state index contributed by atoms with van der Waals surface area (Å²) in [7, 11) is 0. The molecule has 2 aromatic rings. The number of nitrogens with one attached hydrogen (secondary N) is 2. The van der Waals surface area contributed by atoms with Gasteiger partial charge < -0.3 is 5.32 Å². The molecule has 0 saturated carbocycles. The predicted molar refractivity (Wildman–Crippen MR) is 85.8 cm³/mol. The van der Waals surface area contributed by atoms with Gasteiger partial charge in [-0.2, -0.15) is 10.3 Å². The third-order valence-electron chi connectivity index (χ3n) is 3.78. The molecular formula is C16H15ClN4O. The van der Waals surface area contributed by atoms with Crippen molar-refractivity contribution in [2.75, 3.05) is 5.32 Å². The van der Waals surface area contributed by atoms with E-state index >= 15 is 0 Å². The molecule has 1 unspecified atom stereocenters. The molecule has 1 aromatic heterocycles. The monoisotopic (exact) mass is 314 g/mol. The molecule has 2 N–H and O–H groups in total. The summed E-state index contributed by atoms with van der Waals surface area (Å²) in [6.45, 7) is 1.88. The number of rotatable bonds is 4. The molecule has 1 aliphatic rings. The number of nitrogens with zero attached hydrogens (tertiary/aromatic N) is 2. The smallest absolute Gasteiger partial charge is 0.172 e. The van der Waals surface area contributed by atoms with Crippen LogP contribution < -0.4 is 5.32 Å². The van der Waals surface area contributed by atoms with Gasteiger partial charge in [0.15, 0.2) is 5.82 Å². The number of aromatic amines is 1. The van der Waals surface area contributed by atoms with Crippen LogP contribution in [0.5, 0.6) is 0 Å². The summed E-state index contributed by atoms with van der Waals surface area (Å²) in [6, 6.07) is 7.63. The van der Waals surface area contributed by atoms with E-state index in [4.69, 9.17) is 11.6 Å². The van der Waals surface area contributed by atoms with Gasteiger partial charge in [-0.15, -0.1) is 5.10 Å². The van der Waals surface area contributed by atoms with E-state index in [1.54, 1.807) is 0 Å². The van der Waals surface area contributed by atoms with Crippen molar-refractivity contribution in [3.63, 3.8) is 0 Å². The number of benzene rings is 1. The van der Waals surface area contributed by atoms with Crippen LogP contribution in [0.2, 0.25) is 5.02 Å². The number of hydrogen-bond donors (Lipinski definition) is 2. The Kier molecular flexibility index (Phi) is 3.81. The lowest BCUT2D eigenvalue weighted by Gasteiger charge is -2.34. The van der Waals surface area contributed by atoms with Crippen LogP contribution in [0.15, 0.2) is 48.1 Å². The number of allylic oxidation sites excluding steroid dienone is 2. The first-order valence-corrected chi connectivity index (χ1v) is 7.27. The van der Waals surface area contributed by atoms with Crippen LogP contribution in [0.3, 0.4) is 0 Å². The van der Waals surface area contributed by atoms with E-state index in [-0.39, 0.29) is 0 Å². The molecule has 1 atom stereocenters. The fourth-order valence-corrected chi connectivity index (χ4v) is 2.61. The maximum atomic E-state index is 10.9. The van der Waals surface area contributed by atoms with Gasteiger partial charge in [0.2, 0.25) is 0 Å². The molecule has 0 bridgehead atoms. The zero-order valence-corrected chi connectivity index (χ0v) is 12.8. The summed E-state index contributed by atoms with van der Waals surface area (Å²) in [6.07, 6.45) is 7.18. The molecule has 0 saturated heterocycles. The first-order chi connectivity index (χ1) is 10.6. The third-order valence-corrected chi connectivity index (χ3v) is 4.03. The minimum Gasteiger partial charge on any atom is -0.354 e. The lowest BCUT2D eigenvalue weighted by molar-refractivity contribution is -0.104. The number of H-pyrrole nitrogens is 1. The molecule has 22 heavy (non-hydrogen) atoms. The van der Waals surface area contributed by atoms with Gasteiger partial charge in [-0.05, 0) is 31.0 Å². The Balaban J connectivity index is 2.01. The van der Waals surface area contributed by atoms with Gasteiger partial charge in [0, 0.05) is 10.6 Å². The SMILES string of the molecule is Cc1n[nH]nc1NC1(c2ccc(Cl)cc2)C=CC(C=O)=CC1. The fourth-order valence-electron chi connectivity index (χ4n) is 2.48. The van der Waals surface area contributed by atoms with Crippen LogP contribution in [0.25, 0.3) is 0 Å². The average molecular weight is 315 g/mol. The van der Waals surface area contributed by atoms with Crippen molar-refractivity contribution in [1.29, 1.82) is 0 Å². The van der Waals surface area contributed by atoms with Crippen molar-refractivity contribution in [2.24, 2.45) is 0 Å². The summed E-state index contributed by atoms with van der Waals surface area (Å²) >= 11 is 5.99.